The number of pyridine rings is 1. The Morgan fingerprint density at radius 3 is 2.80 bits per heavy atom. The molecule has 176 valence electrons. The Balaban J connectivity index is 1.59. The van der Waals surface area contributed by atoms with Crippen LogP contribution in [0.2, 0.25) is 0 Å². The van der Waals surface area contributed by atoms with Crippen LogP contribution in [0.25, 0.3) is 27.8 Å². The van der Waals surface area contributed by atoms with Crippen molar-refractivity contribution >= 4 is 34.1 Å². The summed E-state index contributed by atoms with van der Waals surface area (Å²) in [5, 5.41) is 15.2. The van der Waals surface area contributed by atoms with Crippen LogP contribution in [0.1, 0.15) is 31.4 Å². The van der Waals surface area contributed by atoms with Gasteiger partial charge in [-0.15, -0.1) is 0 Å². The molecule has 9 nitrogen and oxygen atoms in total. The van der Waals surface area contributed by atoms with Gasteiger partial charge in [0.25, 0.3) is 0 Å². The Labute approximate surface area is 199 Å². The van der Waals surface area contributed by atoms with Crippen molar-refractivity contribution < 1.29 is 14.3 Å². The lowest BCUT2D eigenvalue weighted by Gasteiger charge is -2.21. The van der Waals surface area contributed by atoms with Crippen molar-refractivity contribution in [1.29, 1.82) is 0 Å². The second-order valence-corrected chi connectivity index (χ2v) is 8.69. The lowest BCUT2D eigenvalue weighted by atomic mass is 10.1. The van der Waals surface area contributed by atoms with Gasteiger partial charge in [0.05, 0.1) is 11.4 Å². The minimum Gasteiger partial charge on any atom is -0.508 e. The molecule has 1 saturated heterocycles. The molecule has 3 N–H and O–H groups in total. The maximum atomic E-state index is 14.1. The van der Waals surface area contributed by atoms with Crippen molar-refractivity contribution in [2.24, 2.45) is 0 Å². The standard InChI is InChI=1S/C25H22FN7O2/c1-14(19-12-17-5-2-3-7-31(17)25(19)32-8-4-6-20(32)35)33-24-21(23(27)28-13-29-24)22(30-33)15-9-16(26)11-18(34)10-15/h2-3,5,7,9-14,34H,4,6,8H2,1H3,(H2,27,28,29). The number of phenols is 1. The number of fused-ring (bicyclic) bond motifs is 2. The summed E-state index contributed by atoms with van der Waals surface area (Å²) in [6.45, 7) is 2.61. The number of carbonyl (C=O) groups excluding carboxylic acids is 1. The number of aromatic nitrogens is 5. The van der Waals surface area contributed by atoms with Gasteiger partial charge in [0.1, 0.15) is 35.2 Å². The van der Waals surface area contributed by atoms with E-state index in [4.69, 9.17) is 10.8 Å². The topological polar surface area (TPSA) is 115 Å². The van der Waals surface area contributed by atoms with Crippen LogP contribution in [0.5, 0.6) is 5.75 Å². The zero-order valence-electron chi connectivity index (χ0n) is 18.9. The number of nitrogen functional groups attached to an aromatic ring is 1. The molecule has 10 heteroatoms. The second kappa shape index (κ2) is 7.79. The summed E-state index contributed by atoms with van der Waals surface area (Å²) in [6, 6.07) is 11.3. The highest BCUT2D eigenvalue weighted by Gasteiger charge is 2.30. The van der Waals surface area contributed by atoms with E-state index in [-0.39, 0.29) is 23.5 Å². The number of aromatic hydroxyl groups is 1. The normalized spacial score (nSPS) is 14.9. The summed E-state index contributed by atoms with van der Waals surface area (Å²) in [7, 11) is 0. The Bertz CT molecular complexity index is 1600. The fourth-order valence-corrected chi connectivity index (χ4v) is 4.91. The van der Waals surface area contributed by atoms with Gasteiger partial charge in [-0.2, -0.15) is 5.10 Å². The molecule has 35 heavy (non-hydrogen) atoms. The van der Waals surface area contributed by atoms with Crippen LogP contribution in [0.3, 0.4) is 0 Å². The molecular formula is C25H22FN7O2. The van der Waals surface area contributed by atoms with E-state index in [0.29, 0.717) is 35.3 Å². The van der Waals surface area contributed by atoms with E-state index < -0.39 is 5.82 Å². The SMILES string of the molecule is CC(c1cc2ccccn2c1N1CCCC1=O)n1nc(-c2cc(O)cc(F)c2)c2c(N)ncnc21. The maximum absolute atomic E-state index is 14.1. The number of amides is 1. The van der Waals surface area contributed by atoms with Gasteiger partial charge in [-0.25, -0.2) is 19.0 Å². The predicted octanol–water partition coefficient (Wildman–Crippen LogP) is 3.91. The number of nitrogens with zero attached hydrogens (tertiary/aromatic N) is 6. The van der Waals surface area contributed by atoms with Crippen LogP contribution in [0, 0.1) is 5.82 Å². The van der Waals surface area contributed by atoms with Gasteiger partial charge in [0, 0.05) is 41.9 Å². The van der Waals surface area contributed by atoms with Gasteiger partial charge in [0.15, 0.2) is 5.65 Å². The Hall–Kier alpha value is -4.47. The van der Waals surface area contributed by atoms with Crippen molar-refractivity contribution in [3.63, 3.8) is 0 Å². The third-order valence-electron chi connectivity index (χ3n) is 6.50. The summed E-state index contributed by atoms with van der Waals surface area (Å²) in [5.74, 6) is 0.255. The molecule has 1 amide bonds. The summed E-state index contributed by atoms with van der Waals surface area (Å²) in [4.78, 5) is 23.1. The summed E-state index contributed by atoms with van der Waals surface area (Å²) < 4.78 is 17.8. The van der Waals surface area contributed by atoms with E-state index in [9.17, 15) is 14.3 Å². The highest BCUT2D eigenvalue weighted by molar-refractivity contribution is 5.99. The zero-order chi connectivity index (χ0) is 24.3. The summed E-state index contributed by atoms with van der Waals surface area (Å²) in [5.41, 5.74) is 9.24. The molecule has 0 radical (unpaired) electrons. The third kappa shape index (κ3) is 3.29. The number of anilines is 2. The van der Waals surface area contributed by atoms with E-state index in [1.165, 1.54) is 18.5 Å². The number of halogens is 1. The van der Waals surface area contributed by atoms with E-state index in [2.05, 4.69) is 9.97 Å². The van der Waals surface area contributed by atoms with Crippen molar-refractivity contribution in [1.82, 2.24) is 24.1 Å². The average Bonchev–Trinajstić information content (AvgIpc) is 3.53. The molecule has 1 aliphatic rings. The molecule has 1 unspecified atom stereocenters. The first-order chi connectivity index (χ1) is 16.9. The van der Waals surface area contributed by atoms with Gasteiger partial charge in [-0.05, 0) is 43.7 Å². The fourth-order valence-electron chi connectivity index (χ4n) is 4.91. The van der Waals surface area contributed by atoms with Gasteiger partial charge < -0.3 is 15.2 Å². The van der Waals surface area contributed by atoms with Crippen LogP contribution < -0.4 is 10.6 Å². The Kier molecular flexibility index (Phi) is 4.70. The molecule has 0 saturated carbocycles. The molecule has 1 aliphatic heterocycles. The number of rotatable bonds is 4. The van der Waals surface area contributed by atoms with E-state index >= 15 is 0 Å². The lowest BCUT2D eigenvalue weighted by molar-refractivity contribution is -0.117. The number of benzene rings is 1. The van der Waals surface area contributed by atoms with Gasteiger partial charge in [0.2, 0.25) is 5.91 Å². The zero-order valence-corrected chi connectivity index (χ0v) is 18.9. The molecule has 1 atom stereocenters. The molecule has 5 heterocycles. The molecule has 1 aromatic carbocycles. The maximum Gasteiger partial charge on any atom is 0.228 e. The molecule has 5 aromatic rings. The number of nitrogens with two attached hydrogens (primary N) is 1. The Morgan fingerprint density at radius 1 is 1.17 bits per heavy atom. The fraction of sp³-hybridized carbons (Fsp3) is 0.200. The quantitative estimate of drug-likeness (QED) is 0.411. The molecular weight excluding hydrogens is 449 g/mol. The van der Waals surface area contributed by atoms with E-state index in [1.807, 2.05) is 46.7 Å². The molecule has 0 spiro atoms. The molecule has 1 fully saturated rings. The molecule has 6 rings (SSSR count). The molecule has 0 aliphatic carbocycles. The first-order valence-corrected chi connectivity index (χ1v) is 11.3. The number of hydrogen-bond acceptors (Lipinski definition) is 6. The smallest absolute Gasteiger partial charge is 0.228 e. The van der Waals surface area contributed by atoms with Crippen molar-refractivity contribution in [2.75, 3.05) is 17.2 Å². The largest absolute Gasteiger partial charge is 0.508 e. The third-order valence-corrected chi connectivity index (χ3v) is 6.50. The average molecular weight is 471 g/mol. The van der Waals surface area contributed by atoms with Crippen molar-refractivity contribution in [2.45, 2.75) is 25.8 Å². The van der Waals surface area contributed by atoms with Crippen LogP contribution in [0.4, 0.5) is 16.0 Å². The van der Waals surface area contributed by atoms with Crippen molar-refractivity contribution in [3.05, 3.63) is 66.4 Å². The second-order valence-electron chi connectivity index (χ2n) is 8.69. The van der Waals surface area contributed by atoms with Gasteiger partial charge >= 0.3 is 0 Å². The van der Waals surface area contributed by atoms with Crippen LogP contribution in [0.15, 0.2) is 55.0 Å². The van der Waals surface area contributed by atoms with E-state index in [1.54, 1.807) is 4.68 Å². The monoisotopic (exact) mass is 471 g/mol. The number of phenolic OH excluding ortho intramolecular Hbond substituents is 1. The highest BCUT2D eigenvalue weighted by atomic mass is 19.1. The number of hydrogen-bond donors (Lipinski definition) is 2. The predicted molar refractivity (Wildman–Crippen MR) is 130 cm³/mol. The minimum absolute atomic E-state index is 0.0788. The van der Waals surface area contributed by atoms with Crippen LogP contribution in [-0.4, -0.2) is 41.7 Å². The highest BCUT2D eigenvalue weighted by Crippen LogP contribution is 2.38. The first-order valence-electron chi connectivity index (χ1n) is 11.3. The minimum atomic E-state index is -0.598. The number of carbonyl (C=O) groups is 1. The van der Waals surface area contributed by atoms with Crippen LogP contribution in [-0.2, 0) is 4.79 Å². The Morgan fingerprint density at radius 2 is 2.03 bits per heavy atom. The lowest BCUT2D eigenvalue weighted by Crippen LogP contribution is -2.27. The van der Waals surface area contributed by atoms with Gasteiger partial charge in [-0.3, -0.25) is 9.69 Å². The van der Waals surface area contributed by atoms with Crippen molar-refractivity contribution in [3.8, 4) is 17.0 Å². The van der Waals surface area contributed by atoms with Gasteiger partial charge in [-0.1, -0.05) is 6.07 Å². The summed E-state index contributed by atoms with van der Waals surface area (Å²) in [6.07, 6.45) is 4.61. The summed E-state index contributed by atoms with van der Waals surface area (Å²) >= 11 is 0. The first kappa shape index (κ1) is 21.1. The molecule has 4 aromatic heterocycles. The molecule has 0 bridgehead atoms. The van der Waals surface area contributed by atoms with Crippen LogP contribution >= 0.6 is 0 Å². The van der Waals surface area contributed by atoms with E-state index in [0.717, 1.165) is 29.4 Å².